The molecule has 1 atom stereocenters. The van der Waals surface area contributed by atoms with Crippen molar-refractivity contribution in [3.63, 3.8) is 0 Å². The smallest absolute Gasteiger partial charge is 0.306 e. The lowest BCUT2D eigenvalue weighted by Crippen LogP contribution is -2.30. The molecule has 0 aromatic carbocycles. The molecule has 0 heterocycles. The third-order valence-corrected chi connectivity index (χ3v) is 12.8. The number of hydrogen-bond donors (Lipinski definition) is 0. The third kappa shape index (κ3) is 57.2. The average Bonchev–Trinajstić information content (AvgIpc) is 3.38. The second-order valence-electron chi connectivity index (χ2n) is 19.9. The zero-order valence-electron chi connectivity index (χ0n) is 47.2. The van der Waals surface area contributed by atoms with Crippen molar-refractivity contribution in [3.05, 3.63) is 97.2 Å². The topological polar surface area (TPSA) is 78.9 Å². The van der Waals surface area contributed by atoms with Crippen LogP contribution in [0, 0.1) is 0 Å². The maximum absolute atomic E-state index is 12.8. The highest BCUT2D eigenvalue weighted by Crippen LogP contribution is 2.16. The van der Waals surface area contributed by atoms with E-state index >= 15 is 0 Å². The molecule has 1 unspecified atom stereocenters. The van der Waals surface area contributed by atoms with Crippen LogP contribution in [0.1, 0.15) is 284 Å². The van der Waals surface area contributed by atoms with Gasteiger partial charge in [-0.05, 0) is 103 Å². The molecule has 0 amide bonds. The molecule has 0 spiro atoms. The molecule has 0 fully saturated rings. The van der Waals surface area contributed by atoms with Crippen LogP contribution in [-0.2, 0) is 28.6 Å². The van der Waals surface area contributed by atoms with E-state index in [-0.39, 0.29) is 31.1 Å². The largest absolute Gasteiger partial charge is 0.462 e. The van der Waals surface area contributed by atoms with Crippen LogP contribution in [0.2, 0.25) is 0 Å². The summed E-state index contributed by atoms with van der Waals surface area (Å²) in [6.07, 6.45) is 80.3. The Morgan fingerprint density at radius 3 is 0.861 bits per heavy atom. The van der Waals surface area contributed by atoms with E-state index in [1.807, 2.05) is 0 Å². The van der Waals surface area contributed by atoms with Gasteiger partial charge in [-0.2, -0.15) is 0 Å². The van der Waals surface area contributed by atoms with Crippen molar-refractivity contribution < 1.29 is 28.6 Å². The number of carbonyl (C=O) groups excluding carboxylic acids is 3. The number of carbonyl (C=O) groups is 3. The molecule has 0 N–H and O–H groups in total. The maximum atomic E-state index is 12.8. The van der Waals surface area contributed by atoms with Gasteiger partial charge in [0.2, 0.25) is 0 Å². The van der Waals surface area contributed by atoms with Crippen LogP contribution in [0.4, 0.5) is 0 Å². The predicted molar refractivity (Wildman–Crippen MR) is 311 cm³/mol. The van der Waals surface area contributed by atoms with Gasteiger partial charge in [0.1, 0.15) is 13.2 Å². The number of esters is 3. The quantitative estimate of drug-likeness (QED) is 0.0261. The molecule has 0 aromatic heterocycles. The van der Waals surface area contributed by atoms with E-state index in [2.05, 4.69) is 118 Å². The minimum atomic E-state index is -0.780. The number of unbranched alkanes of at least 4 members (excludes halogenated alkanes) is 27. The van der Waals surface area contributed by atoms with Crippen molar-refractivity contribution in [2.45, 2.75) is 290 Å². The lowest BCUT2D eigenvalue weighted by Gasteiger charge is -2.18. The van der Waals surface area contributed by atoms with Crippen molar-refractivity contribution in [1.82, 2.24) is 0 Å². The first-order valence-electron chi connectivity index (χ1n) is 30.2. The van der Waals surface area contributed by atoms with Gasteiger partial charge in [-0.25, -0.2) is 0 Å². The summed E-state index contributed by atoms with van der Waals surface area (Å²) in [5.74, 6) is -0.905. The Labute approximate surface area is 445 Å². The molecule has 0 aliphatic carbocycles. The van der Waals surface area contributed by atoms with Crippen LogP contribution >= 0.6 is 0 Å². The van der Waals surface area contributed by atoms with E-state index in [4.69, 9.17) is 14.2 Å². The molecule has 0 bridgehead atoms. The Morgan fingerprint density at radius 2 is 0.542 bits per heavy atom. The highest BCUT2D eigenvalue weighted by atomic mass is 16.6. The Hall–Kier alpha value is -3.67. The first kappa shape index (κ1) is 68.3. The van der Waals surface area contributed by atoms with Crippen molar-refractivity contribution >= 4 is 17.9 Å². The zero-order chi connectivity index (χ0) is 52.2. The molecule has 0 radical (unpaired) electrons. The fourth-order valence-corrected chi connectivity index (χ4v) is 8.30. The molecule has 0 saturated heterocycles. The summed E-state index contributed by atoms with van der Waals surface area (Å²) in [6, 6.07) is 0. The van der Waals surface area contributed by atoms with E-state index < -0.39 is 6.10 Å². The number of ether oxygens (including phenoxy) is 3. The van der Waals surface area contributed by atoms with Crippen LogP contribution in [0.25, 0.3) is 0 Å². The summed E-state index contributed by atoms with van der Waals surface area (Å²) in [5.41, 5.74) is 0. The van der Waals surface area contributed by atoms with Gasteiger partial charge >= 0.3 is 17.9 Å². The summed E-state index contributed by atoms with van der Waals surface area (Å²) in [7, 11) is 0. The molecule has 6 heteroatoms. The standard InChI is InChI=1S/C66H112O6/c1-4-7-10-13-15-17-19-21-23-25-26-27-28-29-30-31-32-33-34-35-36-37-38-39-40-41-43-44-46-48-50-53-56-59-65(68)71-62-63(61-70-64(67)58-55-52-12-9-6-3)72-66(69)60-57-54-51-49-47-45-42-24-22-20-18-16-14-11-8-5-2/h7,10,15,17-18,20-21,23-24,26-27,29-30,32-33,42,63H,4-6,8-9,11-14,16,19,22,25,28,31,34-41,43-62H2,1-3H3/b10-7-,17-15-,20-18-,23-21-,27-26-,30-29-,33-32-,42-24-. The molecular formula is C66H112O6. The van der Waals surface area contributed by atoms with Gasteiger partial charge in [0.25, 0.3) is 0 Å². The maximum Gasteiger partial charge on any atom is 0.306 e. The van der Waals surface area contributed by atoms with E-state index in [1.165, 1.54) is 116 Å². The van der Waals surface area contributed by atoms with Gasteiger partial charge < -0.3 is 14.2 Å². The molecule has 412 valence electrons. The Morgan fingerprint density at radius 1 is 0.292 bits per heavy atom. The van der Waals surface area contributed by atoms with Crippen molar-refractivity contribution in [1.29, 1.82) is 0 Å². The van der Waals surface area contributed by atoms with E-state index in [1.54, 1.807) is 0 Å². The molecule has 0 aliphatic rings. The lowest BCUT2D eigenvalue weighted by atomic mass is 10.0. The zero-order valence-corrected chi connectivity index (χ0v) is 47.2. The van der Waals surface area contributed by atoms with Crippen molar-refractivity contribution in [3.8, 4) is 0 Å². The molecule has 0 aromatic rings. The predicted octanol–water partition coefficient (Wildman–Crippen LogP) is 20.5. The van der Waals surface area contributed by atoms with Crippen LogP contribution < -0.4 is 0 Å². The van der Waals surface area contributed by atoms with E-state index in [0.29, 0.717) is 19.3 Å². The number of allylic oxidation sites excluding steroid dienone is 16. The Kier molecular flexibility index (Phi) is 56.8. The highest BCUT2D eigenvalue weighted by molar-refractivity contribution is 5.71. The third-order valence-electron chi connectivity index (χ3n) is 12.8. The number of rotatable bonds is 54. The monoisotopic (exact) mass is 1000 g/mol. The highest BCUT2D eigenvalue weighted by Gasteiger charge is 2.19. The fraction of sp³-hybridized carbons (Fsp3) is 0.712. The summed E-state index contributed by atoms with van der Waals surface area (Å²) in [4.78, 5) is 37.8. The van der Waals surface area contributed by atoms with Crippen LogP contribution in [0.15, 0.2) is 97.2 Å². The van der Waals surface area contributed by atoms with E-state index in [0.717, 1.165) is 128 Å². The van der Waals surface area contributed by atoms with Crippen molar-refractivity contribution in [2.24, 2.45) is 0 Å². The van der Waals surface area contributed by atoms with Crippen molar-refractivity contribution in [2.75, 3.05) is 13.2 Å². The van der Waals surface area contributed by atoms with Crippen LogP contribution in [0.3, 0.4) is 0 Å². The first-order valence-corrected chi connectivity index (χ1v) is 30.2. The van der Waals surface area contributed by atoms with Crippen LogP contribution in [-0.4, -0.2) is 37.2 Å². The Bertz CT molecular complexity index is 1430. The fourth-order valence-electron chi connectivity index (χ4n) is 8.30. The summed E-state index contributed by atoms with van der Waals surface area (Å²) < 4.78 is 16.7. The summed E-state index contributed by atoms with van der Waals surface area (Å²) >= 11 is 0. The average molecular weight is 1000 g/mol. The minimum absolute atomic E-state index is 0.0817. The molecule has 0 saturated carbocycles. The van der Waals surface area contributed by atoms with E-state index in [9.17, 15) is 14.4 Å². The van der Waals surface area contributed by atoms with Gasteiger partial charge in [0.15, 0.2) is 6.10 Å². The molecular weight excluding hydrogens is 889 g/mol. The molecule has 6 nitrogen and oxygen atoms in total. The molecule has 0 aliphatic heterocycles. The first-order chi connectivity index (χ1) is 35.5. The SMILES string of the molecule is CC/C=C\C/C=C\C/C=C\C/C=C\C/C=C\C/C=C\CCCCCCCCCCCCCCCCC(=O)OCC(COC(=O)CCCCCCC)OC(=O)CCCCCCC/C=C\C/C=C\CCCCCC. The number of hydrogen-bond acceptors (Lipinski definition) is 6. The Balaban J connectivity index is 4.00. The van der Waals surface area contributed by atoms with Gasteiger partial charge in [0.05, 0.1) is 0 Å². The van der Waals surface area contributed by atoms with Gasteiger partial charge in [-0.3, -0.25) is 14.4 Å². The van der Waals surface area contributed by atoms with Crippen LogP contribution in [0.5, 0.6) is 0 Å². The second-order valence-corrected chi connectivity index (χ2v) is 19.9. The molecule has 0 rings (SSSR count). The van der Waals surface area contributed by atoms with Gasteiger partial charge in [-0.1, -0.05) is 259 Å². The normalized spacial score (nSPS) is 12.8. The van der Waals surface area contributed by atoms with Gasteiger partial charge in [-0.15, -0.1) is 0 Å². The summed E-state index contributed by atoms with van der Waals surface area (Å²) in [5, 5.41) is 0. The lowest BCUT2D eigenvalue weighted by molar-refractivity contribution is -0.167. The second kappa shape index (κ2) is 59.9. The summed E-state index contributed by atoms with van der Waals surface area (Å²) in [6.45, 7) is 6.42. The minimum Gasteiger partial charge on any atom is -0.462 e. The van der Waals surface area contributed by atoms with Gasteiger partial charge in [0, 0.05) is 19.3 Å². The molecule has 72 heavy (non-hydrogen) atoms.